The van der Waals surface area contributed by atoms with Gasteiger partial charge in [-0.15, -0.1) is 0 Å². The maximum absolute atomic E-state index is 12.6. The third-order valence-electron chi connectivity index (χ3n) is 3.09. The monoisotopic (exact) mass is 373 g/mol. The number of ether oxygens (including phenoxy) is 3. The molecule has 0 spiro atoms. The van der Waals surface area contributed by atoms with Gasteiger partial charge in [-0.05, 0) is 53.9 Å². The minimum absolute atomic E-state index is 0.0455. The van der Waals surface area contributed by atoms with Crippen LogP contribution in [0, 0.1) is 5.92 Å². The van der Waals surface area contributed by atoms with Crippen molar-refractivity contribution in [3.63, 3.8) is 0 Å². The number of esters is 1. The van der Waals surface area contributed by atoms with E-state index in [9.17, 15) is 19.2 Å². The Hall–Kier alpha value is -2.12. The number of hydrogen-bond donors (Lipinski definition) is 0. The Kier molecular flexibility index (Phi) is 8.76. The summed E-state index contributed by atoms with van der Waals surface area (Å²) < 4.78 is 15.3. The largest absolute Gasteiger partial charge is 0.467 e. The van der Waals surface area contributed by atoms with E-state index >= 15 is 0 Å². The number of rotatable bonds is 6. The first-order valence-corrected chi connectivity index (χ1v) is 8.48. The second-order valence-electron chi connectivity index (χ2n) is 8.11. The minimum Gasteiger partial charge on any atom is -0.467 e. The van der Waals surface area contributed by atoms with E-state index < -0.39 is 35.4 Å². The minimum atomic E-state index is -1.26. The van der Waals surface area contributed by atoms with E-state index in [0.29, 0.717) is 11.2 Å². The van der Waals surface area contributed by atoms with Crippen LogP contribution in [0.4, 0.5) is 9.59 Å². The summed E-state index contributed by atoms with van der Waals surface area (Å²) in [6, 6.07) is -1.26. The number of hydrogen-bond acceptors (Lipinski definition) is 7. The van der Waals surface area contributed by atoms with E-state index in [1.807, 2.05) is 0 Å². The van der Waals surface area contributed by atoms with Crippen LogP contribution in [0.3, 0.4) is 0 Å². The second kappa shape index (κ2) is 9.54. The lowest BCUT2D eigenvalue weighted by Crippen LogP contribution is -2.52. The van der Waals surface area contributed by atoms with Gasteiger partial charge < -0.3 is 19.0 Å². The van der Waals surface area contributed by atoms with Crippen molar-refractivity contribution >= 4 is 24.4 Å². The molecule has 150 valence electrons. The van der Waals surface area contributed by atoms with Crippen molar-refractivity contribution in [2.75, 3.05) is 7.11 Å². The molecule has 0 saturated carbocycles. The highest BCUT2D eigenvalue weighted by molar-refractivity contribution is 5.94. The molecule has 0 rings (SSSR count). The van der Waals surface area contributed by atoms with Gasteiger partial charge in [0.2, 0.25) is 0 Å². The summed E-state index contributed by atoms with van der Waals surface area (Å²) in [6.45, 7) is 11.6. The van der Waals surface area contributed by atoms with Crippen LogP contribution < -0.4 is 0 Å². The van der Waals surface area contributed by atoms with Crippen molar-refractivity contribution < 1.29 is 33.4 Å². The average molecular weight is 373 g/mol. The molecule has 2 amide bonds. The number of carbonyl (C=O) groups excluding carboxylic acids is 4. The average Bonchev–Trinajstić information content (AvgIpc) is 2.42. The van der Waals surface area contributed by atoms with E-state index in [-0.39, 0.29) is 18.8 Å². The fraction of sp³-hybridized carbons (Fsp3) is 0.778. The van der Waals surface area contributed by atoms with Crippen molar-refractivity contribution in [1.29, 1.82) is 0 Å². The molecule has 0 aliphatic rings. The molecule has 0 heterocycles. The highest BCUT2D eigenvalue weighted by Crippen LogP contribution is 2.22. The first kappa shape index (κ1) is 23.9. The van der Waals surface area contributed by atoms with Crippen LogP contribution in [-0.2, 0) is 23.8 Å². The Bertz CT molecular complexity index is 489. The predicted molar refractivity (Wildman–Crippen MR) is 94.6 cm³/mol. The molecule has 0 fully saturated rings. The molecule has 0 aliphatic carbocycles. The van der Waals surface area contributed by atoms with Gasteiger partial charge in [0.05, 0.1) is 7.11 Å². The van der Waals surface area contributed by atoms with Crippen LogP contribution in [0.25, 0.3) is 0 Å². The molecule has 0 saturated heterocycles. The molecular formula is C18H31NO7. The van der Waals surface area contributed by atoms with E-state index in [1.165, 1.54) is 0 Å². The van der Waals surface area contributed by atoms with Crippen LogP contribution in [-0.4, -0.2) is 53.7 Å². The van der Waals surface area contributed by atoms with E-state index in [1.54, 1.807) is 48.5 Å². The molecule has 0 aliphatic heterocycles. The Morgan fingerprint density at radius 3 is 1.69 bits per heavy atom. The predicted octanol–water partition coefficient (Wildman–Crippen LogP) is 3.32. The molecule has 0 N–H and O–H groups in total. The van der Waals surface area contributed by atoms with Crippen LogP contribution in [0.5, 0.6) is 0 Å². The van der Waals surface area contributed by atoms with Crippen molar-refractivity contribution in [2.24, 2.45) is 5.92 Å². The van der Waals surface area contributed by atoms with E-state index in [0.717, 1.165) is 7.11 Å². The lowest BCUT2D eigenvalue weighted by atomic mass is 9.98. The zero-order valence-electron chi connectivity index (χ0n) is 17.0. The smallest absolute Gasteiger partial charge is 0.420 e. The van der Waals surface area contributed by atoms with Crippen LogP contribution in [0.2, 0.25) is 0 Å². The lowest BCUT2D eigenvalue weighted by Gasteiger charge is -2.33. The standard InChI is InChI=1S/C18H31NO7/c1-12(9-10-20)11-13(14(21)24-8)19(15(22)25-17(2,3)4)16(23)26-18(5,6)7/h10,12-13H,9,11H2,1-8H3/t12-,13+/m1/s1. The summed E-state index contributed by atoms with van der Waals surface area (Å²) in [5.74, 6) is -1.05. The summed E-state index contributed by atoms with van der Waals surface area (Å²) in [6.07, 6.45) is -1.10. The molecule has 0 aromatic heterocycles. The van der Waals surface area contributed by atoms with E-state index in [2.05, 4.69) is 0 Å². The van der Waals surface area contributed by atoms with Gasteiger partial charge in [0, 0.05) is 6.42 Å². The molecule has 26 heavy (non-hydrogen) atoms. The van der Waals surface area contributed by atoms with E-state index in [4.69, 9.17) is 14.2 Å². The third kappa shape index (κ3) is 8.82. The summed E-state index contributed by atoms with van der Waals surface area (Å²) in [5, 5.41) is 0. The Labute approximate surface area is 155 Å². The second-order valence-corrected chi connectivity index (χ2v) is 8.11. The summed E-state index contributed by atoms with van der Waals surface area (Å²) in [5.41, 5.74) is -1.77. The number of aldehydes is 1. The molecular weight excluding hydrogens is 342 g/mol. The Morgan fingerprint density at radius 2 is 1.38 bits per heavy atom. The fourth-order valence-corrected chi connectivity index (χ4v) is 2.04. The van der Waals surface area contributed by atoms with Crippen molar-refractivity contribution in [3.8, 4) is 0 Å². The molecule has 0 radical (unpaired) electrons. The SMILES string of the molecule is COC(=O)[C@H](C[C@H](C)CC=O)N(C(=O)OC(C)(C)C)C(=O)OC(C)(C)C. The Morgan fingerprint density at radius 1 is 0.962 bits per heavy atom. The number of amides is 2. The molecule has 0 unspecified atom stereocenters. The van der Waals surface area contributed by atoms with Gasteiger partial charge in [-0.3, -0.25) is 0 Å². The lowest BCUT2D eigenvalue weighted by molar-refractivity contribution is -0.147. The van der Waals surface area contributed by atoms with Crippen LogP contribution in [0.1, 0.15) is 61.3 Å². The number of methoxy groups -OCH3 is 1. The van der Waals surface area contributed by atoms with Gasteiger partial charge >= 0.3 is 18.2 Å². The molecule has 0 aromatic carbocycles. The van der Waals surface area contributed by atoms with Gasteiger partial charge in [0.25, 0.3) is 0 Å². The first-order chi connectivity index (χ1) is 11.7. The Balaban J connectivity index is 5.84. The summed E-state index contributed by atoms with van der Waals surface area (Å²) in [4.78, 5) is 48.9. The summed E-state index contributed by atoms with van der Waals surface area (Å²) >= 11 is 0. The van der Waals surface area contributed by atoms with Gasteiger partial charge in [-0.1, -0.05) is 6.92 Å². The molecule has 0 bridgehead atoms. The van der Waals surface area contributed by atoms with Gasteiger partial charge in [-0.25, -0.2) is 14.4 Å². The molecule has 0 aromatic rings. The number of imide groups is 1. The van der Waals surface area contributed by atoms with Crippen molar-refractivity contribution in [1.82, 2.24) is 4.90 Å². The van der Waals surface area contributed by atoms with Crippen LogP contribution >= 0.6 is 0 Å². The molecule has 8 heteroatoms. The van der Waals surface area contributed by atoms with Gasteiger partial charge in [0.1, 0.15) is 23.5 Å². The van der Waals surface area contributed by atoms with Crippen LogP contribution in [0.15, 0.2) is 0 Å². The number of carbonyl (C=O) groups is 4. The highest BCUT2D eigenvalue weighted by atomic mass is 16.6. The highest BCUT2D eigenvalue weighted by Gasteiger charge is 2.41. The van der Waals surface area contributed by atoms with Gasteiger partial charge in [-0.2, -0.15) is 4.90 Å². The van der Waals surface area contributed by atoms with Crippen molar-refractivity contribution in [3.05, 3.63) is 0 Å². The topological polar surface area (TPSA) is 99.2 Å². The first-order valence-electron chi connectivity index (χ1n) is 8.48. The fourth-order valence-electron chi connectivity index (χ4n) is 2.04. The quantitative estimate of drug-likeness (QED) is 0.400. The maximum Gasteiger partial charge on any atom is 0.420 e. The number of nitrogens with zero attached hydrogens (tertiary/aromatic N) is 1. The summed E-state index contributed by atoms with van der Waals surface area (Å²) in [7, 11) is 1.15. The zero-order valence-corrected chi connectivity index (χ0v) is 17.0. The third-order valence-corrected chi connectivity index (χ3v) is 3.09. The molecule has 2 atom stereocenters. The molecule has 8 nitrogen and oxygen atoms in total. The van der Waals surface area contributed by atoms with Gasteiger partial charge in [0.15, 0.2) is 0 Å². The zero-order chi connectivity index (χ0) is 20.7. The normalized spacial score (nSPS) is 14.0. The maximum atomic E-state index is 12.6. The van der Waals surface area contributed by atoms with Crippen molar-refractivity contribution in [2.45, 2.75) is 78.6 Å².